The molecule has 3 N–H and O–H groups in total. The number of methoxy groups -OCH3 is 1. The molecule has 1 aromatic rings. The van der Waals surface area contributed by atoms with E-state index in [1.807, 2.05) is 0 Å². The van der Waals surface area contributed by atoms with Crippen LogP contribution in [0.5, 0.6) is 5.75 Å². The Morgan fingerprint density at radius 2 is 2.00 bits per heavy atom. The fraction of sp³-hybridized carbons (Fsp3) is 0.167. The van der Waals surface area contributed by atoms with Crippen molar-refractivity contribution in [2.45, 2.75) is 6.92 Å². The van der Waals surface area contributed by atoms with Gasteiger partial charge in [-0.05, 0) is 31.2 Å². The number of primary amides is 1. The van der Waals surface area contributed by atoms with Crippen molar-refractivity contribution in [3.63, 3.8) is 0 Å². The number of allylic oxidation sites excluding steroid dienone is 1. The van der Waals surface area contributed by atoms with Gasteiger partial charge in [0.05, 0.1) is 7.11 Å². The minimum atomic E-state index is -0.744. The zero-order chi connectivity index (χ0) is 12.8. The minimum Gasteiger partial charge on any atom is -0.497 e. The second kappa shape index (κ2) is 5.56. The summed E-state index contributed by atoms with van der Waals surface area (Å²) in [6.07, 6.45) is 0. The van der Waals surface area contributed by atoms with Crippen LogP contribution >= 0.6 is 0 Å². The van der Waals surface area contributed by atoms with Gasteiger partial charge in [-0.1, -0.05) is 0 Å². The van der Waals surface area contributed by atoms with E-state index in [1.165, 1.54) is 0 Å². The first-order chi connectivity index (χ1) is 8.08. The maximum Gasteiger partial charge on any atom is 0.261 e. The van der Waals surface area contributed by atoms with E-state index in [4.69, 9.17) is 15.7 Å². The molecule has 0 bridgehead atoms. The van der Waals surface area contributed by atoms with E-state index in [1.54, 1.807) is 44.4 Å². The number of ether oxygens (including phenoxy) is 1. The number of hydrogen-bond donors (Lipinski definition) is 2. The fourth-order valence-corrected chi connectivity index (χ4v) is 1.28. The number of anilines is 1. The molecule has 0 spiro atoms. The van der Waals surface area contributed by atoms with E-state index in [0.29, 0.717) is 5.70 Å². The summed E-state index contributed by atoms with van der Waals surface area (Å²) < 4.78 is 5.01. The van der Waals surface area contributed by atoms with Gasteiger partial charge in [0.2, 0.25) is 0 Å². The number of nitrogens with zero attached hydrogens (tertiary/aromatic N) is 1. The SMILES string of the molecule is COc1ccc(NC(C)=C(C#N)C(N)=O)cc1. The number of carbonyl (C=O) groups excluding carboxylic acids is 1. The van der Waals surface area contributed by atoms with Crippen LogP contribution in [-0.4, -0.2) is 13.0 Å². The number of amides is 1. The van der Waals surface area contributed by atoms with Crippen molar-refractivity contribution < 1.29 is 9.53 Å². The van der Waals surface area contributed by atoms with Crippen LogP contribution in [-0.2, 0) is 4.79 Å². The Hall–Kier alpha value is -2.48. The van der Waals surface area contributed by atoms with Crippen LogP contribution in [0, 0.1) is 11.3 Å². The van der Waals surface area contributed by atoms with Crippen LogP contribution in [0.4, 0.5) is 5.69 Å². The van der Waals surface area contributed by atoms with Crippen LogP contribution in [0.15, 0.2) is 35.5 Å². The van der Waals surface area contributed by atoms with Gasteiger partial charge < -0.3 is 15.8 Å². The highest BCUT2D eigenvalue weighted by atomic mass is 16.5. The first kappa shape index (κ1) is 12.6. The topological polar surface area (TPSA) is 88.1 Å². The first-order valence-electron chi connectivity index (χ1n) is 4.90. The Morgan fingerprint density at radius 3 is 2.41 bits per heavy atom. The Balaban J connectivity index is 2.91. The summed E-state index contributed by atoms with van der Waals surface area (Å²) in [6, 6.07) is 8.85. The van der Waals surface area contributed by atoms with Crippen LogP contribution in [0.1, 0.15) is 6.92 Å². The molecule has 1 amide bonds. The largest absolute Gasteiger partial charge is 0.497 e. The Labute approximate surface area is 99.5 Å². The summed E-state index contributed by atoms with van der Waals surface area (Å²) in [5, 5.41) is 11.7. The molecule has 5 nitrogen and oxygen atoms in total. The number of nitrogens with two attached hydrogens (primary N) is 1. The van der Waals surface area contributed by atoms with Crippen molar-refractivity contribution in [3.8, 4) is 11.8 Å². The highest BCUT2D eigenvalue weighted by Crippen LogP contribution is 2.17. The molecule has 0 saturated heterocycles. The zero-order valence-corrected chi connectivity index (χ0v) is 9.65. The highest BCUT2D eigenvalue weighted by molar-refractivity contribution is 5.97. The van der Waals surface area contributed by atoms with Crippen molar-refractivity contribution >= 4 is 11.6 Å². The van der Waals surface area contributed by atoms with Crippen molar-refractivity contribution in [2.24, 2.45) is 5.73 Å². The lowest BCUT2D eigenvalue weighted by atomic mass is 10.2. The quantitative estimate of drug-likeness (QED) is 0.605. The lowest BCUT2D eigenvalue weighted by molar-refractivity contribution is -0.114. The molecule has 0 saturated carbocycles. The summed E-state index contributed by atoms with van der Waals surface area (Å²) in [5.74, 6) is -0.0152. The van der Waals surface area contributed by atoms with Gasteiger partial charge in [0.25, 0.3) is 5.91 Å². The van der Waals surface area contributed by atoms with Gasteiger partial charge in [-0.15, -0.1) is 0 Å². The van der Waals surface area contributed by atoms with Gasteiger partial charge in [0, 0.05) is 11.4 Å². The normalized spacial score (nSPS) is 11.1. The van der Waals surface area contributed by atoms with Gasteiger partial charge in [0.15, 0.2) is 0 Å². The van der Waals surface area contributed by atoms with E-state index >= 15 is 0 Å². The monoisotopic (exact) mass is 231 g/mol. The molecule has 0 aliphatic heterocycles. The summed E-state index contributed by atoms with van der Waals surface area (Å²) in [4.78, 5) is 10.9. The molecular weight excluding hydrogens is 218 g/mol. The molecule has 5 heteroatoms. The molecule has 88 valence electrons. The Morgan fingerprint density at radius 1 is 1.41 bits per heavy atom. The lowest BCUT2D eigenvalue weighted by Crippen LogP contribution is -2.16. The number of hydrogen-bond acceptors (Lipinski definition) is 4. The van der Waals surface area contributed by atoms with Crippen LogP contribution in [0.3, 0.4) is 0 Å². The van der Waals surface area contributed by atoms with E-state index in [2.05, 4.69) is 5.32 Å². The second-order valence-electron chi connectivity index (χ2n) is 3.33. The fourth-order valence-electron chi connectivity index (χ4n) is 1.28. The molecule has 0 aliphatic carbocycles. The molecule has 0 unspecified atom stereocenters. The summed E-state index contributed by atoms with van der Waals surface area (Å²) in [5.41, 5.74) is 6.15. The molecule has 0 aliphatic rings. The average Bonchev–Trinajstić information content (AvgIpc) is 2.30. The number of nitrogens with one attached hydrogen (secondary N) is 1. The molecular formula is C12H13N3O2. The van der Waals surface area contributed by atoms with Gasteiger partial charge >= 0.3 is 0 Å². The average molecular weight is 231 g/mol. The minimum absolute atomic E-state index is 0.0826. The predicted molar refractivity (Wildman–Crippen MR) is 64.1 cm³/mol. The van der Waals surface area contributed by atoms with Crippen LogP contribution < -0.4 is 15.8 Å². The van der Waals surface area contributed by atoms with Crippen molar-refractivity contribution in [1.82, 2.24) is 0 Å². The smallest absolute Gasteiger partial charge is 0.261 e. The summed E-state index contributed by atoms with van der Waals surface area (Å²) in [6.45, 7) is 1.62. The third kappa shape index (κ3) is 3.24. The first-order valence-corrected chi connectivity index (χ1v) is 4.90. The molecule has 0 atom stereocenters. The third-order valence-electron chi connectivity index (χ3n) is 2.16. The Kier molecular flexibility index (Phi) is 4.12. The summed E-state index contributed by atoms with van der Waals surface area (Å²) >= 11 is 0. The second-order valence-corrected chi connectivity index (χ2v) is 3.33. The van der Waals surface area contributed by atoms with E-state index < -0.39 is 5.91 Å². The predicted octanol–water partition coefficient (Wildman–Crippen LogP) is 1.39. The highest BCUT2D eigenvalue weighted by Gasteiger charge is 2.08. The lowest BCUT2D eigenvalue weighted by Gasteiger charge is -2.08. The maximum absolute atomic E-state index is 10.9. The van der Waals surface area contributed by atoms with Crippen molar-refractivity contribution in [2.75, 3.05) is 12.4 Å². The number of carbonyl (C=O) groups is 1. The summed E-state index contributed by atoms with van der Waals surface area (Å²) in [7, 11) is 1.58. The van der Waals surface area contributed by atoms with E-state index in [9.17, 15) is 4.79 Å². The zero-order valence-electron chi connectivity index (χ0n) is 9.65. The maximum atomic E-state index is 10.9. The van der Waals surface area contributed by atoms with Crippen LogP contribution in [0.2, 0.25) is 0 Å². The molecule has 1 rings (SSSR count). The third-order valence-corrected chi connectivity index (χ3v) is 2.16. The molecule has 0 heterocycles. The number of nitriles is 1. The van der Waals surface area contributed by atoms with Gasteiger partial charge in [-0.2, -0.15) is 5.26 Å². The van der Waals surface area contributed by atoms with Crippen molar-refractivity contribution in [3.05, 3.63) is 35.5 Å². The number of rotatable bonds is 4. The molecule has 0 radical (unpaired) electrons. The van der Waals surface area contributed by atoms with Gasteiger partial charge in [0.1, 0.15) is 17.4 Å². The van der Waals surface area contributed by atoms with E-state index in [0.717, 1.165) is 11.4 Å². The van der Waals surface area contributed by atoms with Crippen molar-refractivity contribution in [1.29, 1.82) is 5.26 Å². The van der Waals surface area contributed by atoms with Crippen LogP contribution in [0.25, 0.3) is 0 Å². The van der Waals surface area contributed by atoms with Gasteiger partial charge in [-0.25, -0.2) is 0 Å². The molecule has 0 fully saturated rings. The Bertz CT molecular complexity index is 483. The van der Waals surface area contributed by atoms with Gasteiger partial charge in [-0.3, -0.25) is 4.79 Å². The molecule has 17 heavy (non-hydrogen) atoms. The molecule has 1 aromatic carbocycles. The standard InChI is InChI=1S/C12H13N3O2/c1-8(11(7-13)12(14)16)15-9-3-5-10(17-2)6-4-9/h3-6,15H,1-2H3,(H2,14,16). The number of benzene rings is 1. The molecule has 0 aromatic heterocycles. The van der Waals surface area contributed by atoms with E-state index in [-0.39, 0.29) is 5.57 Å².